The van der Waals surface area contributed by atoms with Crippen LogP contribution in [-0.2, 0) is 25.8 Å². The van der Waals surface area contributed by atoms with Crippen LogP contribution in [0.15, 0.2) is 6.07 Å². The highest BCUT2D eigenvalue weighted by molar-refractivity contribution is 5.50. The molecule has 0 saturated heterocycles. The summed E-state index contributed by atoms with van der Waals surface area (Å²) in [6, 6.07) is 2.05. The van der Waals surface area contributed by atoms with E-state index in [1.165, 1.54) is 11.1 Å². The van der Waals surface area contributed by atoms with Crippen LogP contribution in [0.2, 0.25) is 0 Å². The van der Waals surface area contributed by atoms with Crippen molar-refractivity contribution in [2.24, 2.45) is 5.73 Å². The molecule has 2 nitrogen and oxygen atoms in total. The van der Waals surface area contributed by atoms with Crippen molar-refractivity contribution in [2.45, 2.75) is 46.6 Å². The lowest BCUT2D eigenvalue weighted by molar-refractivity contribution is 0.460. The molecule has 0 spiro atoms. The Morgan fingerprint density at radius 1 is 1.00 bits per heavy atom. The van der Waals surface area contributed by atoms with Gasteiger partial charge in [-0.2, -0.15) is 0 Å². The molecule has 3 N–H and O–H groups in total. The van der Waals surface area contributed by atoms with Gasteiger partial charge in [0.2, 0.25) is 0 Å². The van der Waals surface area contributed by atoms with E-state index < -0.39 is 0 Å². The van der Waals surface area contributed by atoms with Gasteiger partial charge in [0.15, 0.2) is 0 Å². The first kappa shape index (κ1) is 12.1. The second-order valence-electron chi connectivity index (χ2n) is 3.77. The normalized spacial score (nSPS) is 10.7. The van der Waals surface area contributed by atoms with Gasteiger partial charge in [-0.05, 0) is 36.0 Å². The number of aromatic hydroxyl groups is 1. The summed E-state index contributed by atoms with van der Waals surface area (Å²) in [7, 11) is 0. The van der Waals surface area contributed by atoms with Crippen LogP contribution in [0.25, 0.3) is 0 Å². The summed E-state index contributed by atoms with van der Waals surface area (Å²) in [6.07, 6.45) is 2.85. The third kappa shape index (κ3) is 2.15. The number of hydrogen-bond donors (Lipinski definition) is 2. The molecule has 2 heteroatoms. The molecule has 0 aliphatic heterocycles. The first-order chi connectivity index (χ1) is 7.19. The molecule has 0 aromatic heterocycles. The van der Waals surface area contributed by atoms with E-state index in [0.717, 1.165) is 30.4 Å². The fourth-order valence-corrected chi connectivity index (χ4v) is 2.19. The molecule has 15 heavy (non-hydrogen) atoms. The second-order valence-corrected chi connectivity index (χ2v) is 3.77. The second kappa shape index (κ2) is 5.17. The number of rotatable bonds is 4. The highest BCUT2D eigenvalue weighted by Gasteiger charge is 2.13. The van der Waals surface area contributed by atoms with Crippen molar-refractivity contribution in [3.05, 3.63) is 28.3 Å². The minimum absolute atomic E-state index is 0.411. The third-order valence-corrected chi connectivity index (χ3v) is 3.00. The summed E-state index contributed by atoms with van der Waals surface area (Å²) >= 11 is 0. The van der Waals surface area contributed by atoms with Crippen LogP contribution >= 0.6 is 0 Å². The van der Waals surface area contributed by atoms with Crippen molar-refractivity contribution < 1.29 is 5.11 Å². The highest BCUT2D eigenvalue weighted by Crippen LogP contribution is 2.30. The lowest BCUT2D eigenvalue weighted by atomic mass is 9.92. The Morgan fingerprint density at radius 2 is 1.60 bits per heavy atom. The zero-order chi connectivity index (χ0) is 11.4. The molecule has 1 rings (SSSR count). The van der Waals surface area contributed by atoms with Crippen LogP contribution in [0, 0.1) is 0 Å². The minimum atomic E-state index is 0.411. The Kier molecular flexibility index (Phi) is 4.15. The summed E-state index contributed by atoms with van der Waals surface area (Å²) in [5.74, 6) is 0.411. The first-order valence-corrected chi connectivity index (χ1v) is 5.74. The van der Waals surface area contributed by atoms with Crippen LogP contribution in [-0.4, -0.2) is 5.11 Å². The van der Waals surface area contributed by atoms with E-state index in [0.29, 0.717) is 12.3 Å². The zero-order valence-corrected chi connectivity index (χ0v) is 9.93. The molecule has 0 aliphatic rings. The van der Waals surface area contributed by atoms with Gasteiger partial charge in [0.25, 0.3) is 0 Å². The van der Waals surface area contributed by atoms with E-state index in [4.69, 9.17) is 5.73 Å². The van der Waals surface area contributed by atoms with E-state index in [1.54, 1.807) is 0 Å². The maximum atomic E-state index is 10.0. The highest BCUT2D eigenvalue weighted by atomic mass is 16.3. The van der Waals surface area contributed by atoms with Gasteiger partial charge in [-0.1, -0.05) is 26.8 Å². The fourth-order valence-electron chi connectivity index (χ4n) is 2.19. The van der Waals surface area contributed by atoms with Crippen molar-refractivity contribution >= 4 is 0 Å². The Morgan fingerprint density at radius 3 is 2.00 bits per heavy atom. The molecule has 84 valence electrons. The SMILES string of the molecule is CCc1cc(CN)c(O)c(CC)c1CC. The van der Waals surface area contributed by atoms with E-state index in [-0.39, 0.29) is 0 Å². The van der Waals surface area contributed by atoms with Crippen LogP contribution in [0.4, 0.5) is 0 Å². The molecule has 1 aromatic carbocycles. The maximum absolute atomic E-state index is 10.0. The zero-order valence-electron chi connectivity index (χ0n) is 9.93. The average Bonchev–Trinajstić information content (AvgIpc) is 2.28. The Balaban J connectivity index is 3.43. The summed E-state index contributed by atoms with van der Waals surface area (Å²) in [6.45, 7) is 6.77. The van der Waals surface area contributed by atoms with Crippen LogP contribution in [0.3, 0.4) is 0 Å². The van der Waals surface area contributed by atoms with Crippen molar-refractivity contribution in [3.8, 4) is 5.75 Å². The predicted molar refractivity (Wildman–Crippen MR) is 64.1 cm³/mol. The monoisotopic (exact) mass is 207 g/mol. The number of hydrogen-bond acceptors (Lipinski definition) is 2. The first-order valence-electron chi connectivity index (χ1n) is 5.74. The Hall–Kier alpha value is -1.02. The average molecular weight is 207 g/mol. The van der Waals surface area contributed by atoms with E-state index in [2.05, 4.69) is 20.8 Å². The van der Waals surface area contributed by atoms with Crippen molar-refractivity contribution in [1.29, 1.82) is 0 Å². The topological polar surface area (TPSA) is 46.2 Å². The van der Waals surface area contributed by atoms with Gasteiger partial charge in [0.05, 0.1) is 0 Å². The van der Waals surface area contributed by atoms with Gasteiger partial charge < -0.3 is 10.8 Å². The number of nitrogens with two attached hydrogens (primary N) is 1. The maximum Gasteiger partial charge on any atom is 0.123 e. The van der Waals surface area contributed by atoms with Crippen molar-refractivity contribution in [3.63, 3.8) is 0 Å². The molecule has 0 saturated carbocycles. The molecule has 0 aliphatic carbocycles. The van der Waals surface area contributed by atoms with Gasteiger partial charge in [-0.3, -0.25) is 0 Å². The Labute approximate surface area is 92.1 Å². The quantitative estimate of drug-likeness (QED) is 0.797. The molecule has 0 bridgehead atoms. The summed E-state index contributed by atoms with van der Waals surface area (Å²) in [5, 5.41) is 10.0. The van der Waals surface area contributed by atoms with Crippen LogP contribution < -0.4 is 5.73 Å². The van der Waals surface area contributed by atoms with Crippen LogP contribution in [0.1, 0.15) is 43.0 Å². The number of aryl methyl sites for hydroxylation is 1. The molecule has 0 amide bonds. The van der Waals surface area contributed by atoms with Gasteiger partial charge in [0.1, 0.15) is 5.75 Å². The molecule has 0 radical (unpaired) electrons. The van der Waals surface area contributed by atoms with E-state index in [1.807, 2.05) is 6.07 Å². The molecule has 0 atom stereocenters. The Bertz CT molecular complexity index is 345. The summed E-state index contributed by atoms with van der Waals surface area (Å²) in [4.78, 5) is 0. The smallest absolute Gasteiger partial charge is 0.123 e. The minimum Gasteiger partial charge on any atom is -0.507 e. The predicted octanol–water partition coefficient (Wildman–Crippen LogP) is 2.54. The standard InChI is InChI=1S/C13H21NO/c1-4-9-7-10(8-14)13(15)12(6-3)11(9)5-2/h7,15H,4-6,8,14H2,1-3H3. The molecule has 0 heterocycles. The summed E-state index contributed by atoms with van der Waals surface area (Å²) in [5.41, 5.74) is 10.2. The van der Waals surface area contributed by atoms with Gasteiger partial charge in [0, 0.05) is 12.1 Å². The van der Waals surface area contributed by atoms with Crippen LogP contribution in [0.5, 0.6) is 5.75 Å². The molecular weight excluding hydrogens is 186 g/mol. The van der Waals surface area contributed by atoms with Crippen molar-refractivity contribution in [1.82, 2.24) is 0 Å². The number of benzene rings is 1. The van der Waals surface area contributed by atoms with Crippen molar-refractivity contribution in [2.75, 3.05) is 0 Å². The number of phenols is 1. The van der Waals surface area contributed by atoms with E-state index in [9.17, 15) is 5.11 Å². The fraction of sp³-hybridized carbons (Fsp3) is 0.538. The van der Waals surface area contributed by atoms with E-state index >= 15 is 0 Å². The largest absolute Gasteiger partial charge is 0.507 e. The van der Waals surface area contributed by atoms with Gasteiger partial charge in [-0.15, -0.1) is 0 Å². The van der Waals surface area contributed by atoms with Gasteiger partial charge >= 0.3 is 0 Å². The summed E-state index contributed by atoms with van der Waals surface area (Å²) < 4.78 is 0. The lowest BCUT2D eigenvalue weighted by Crippen LogP contribution is -2.05. The molecular formula is C13H21NO. The molecule has 0 unspecified atom stereocenters. The van der Waals surface area contributed by atoms with Gasteiger partial charge in [-0.25, -0.2) is 0 Å². The lowest BCUT2D eigenvalue weighted by Gasteiger charge is -2.16. The third-order valence-electron chi connectivity index (χ3n) is 3.00. The molecule has 1 aromatic rings. The molecule has 0 fully saturated rings. The number of phenolic OH excluding ortho intramolecular Hbond substituents is 1.